The maximum atomic E-state index is 12.6. The molecule has 0 saturated carbocycles. The Morgan fingerprint density at radius 3 is 2.62 bits per heavy atom. The molecule has 0 aliphatic carbocycles. The second-order valence-electron chi connectivity index (χ2n) is 6.47. The fourth-order valence-electron chi connectivity index (χ4n) is 2.96. The maximum absolute atomic E-state index is 12.6. The molecule has 0 spiro atoms. The zero-order valence-electron chi connectivity index (χ0n) is 15.5. The van der Waals surface area contributed by atoms with E-state index in [0.717, 1.165) is 5.56 Å². The summed E-state index contributed by atoms with van der Waals surface area (Å²) in [6, 6.07) is 13.6. The lowest BCUT2D eigenvalue weighted by atomic mass is 10.1. The van der Waals surface area contributed by atoms with E-state index in [-0.39, 0.29) is 30.6 Å². The van der Waals surface area contributed by atoms with Crippen LogP contribution < -0.4 is 15.8 Å². The van der Waals surface area contributed by atoms with Crippen molar-refractivity contribution in [3.8, 4) is 11.4 Å². The minimum Gasteiger partial charge on any atom is -0.322 e. The van der Waals surface area contributed by atoms with Crippen molar-refractivity contribution in [2.45, 2.75) is 12.8 Å². The predicted molar refractivity (Wildman–Crippen MR) is 103 cm³/mol. The van der Waals surface area contributed by atoms with Crippen LogP contribution in [0.1, 0.15) is 23.2 Å². The summed E-state index contributed by atoms with van der Waals surface area (Å²) in [4.78, 5) is 36.1. The van der Waals surface area contributed by atoms with Crippen LogP contribution in [0.4, 0.5) is 11.4 Å². The zero-order valence-corrected chi connectivity index (χ0v) is 15.5. The van der Waals surface area contributed by atoms with Gasteiger partial charge in [0.05, 0.1) is 5.69 Å². The predicted octanol–water partition coefficient (Wildman–Crippen LogP) is 1.29. The Morgan fingerprint density at radius 2 is 1.90 bits per heavy atom. The van der Waals surface area contributed by atoms with E-state index in [1.54, 1.807) is 54.2 Å². The molecule has 1 fully saturated rings. The largest absolute Gasteiger partial charge is 0.322 e. The fraction of sp³-hybridized carbons (Fsp3) is 0.158. The van der Waals surface area contributed by atoms with Crippen molar-refractivity contribution in [1.82, 2.24) is 25.6 Å². The van der Waals surface area contributed by atoms with Gasteiger partial charge in [0.15, 0.2) is 5.82 Å². The highest BCUT2D eigenvalue weighted by Gasteiger charge is 2.24. The third-order valence-electron chi connectivity index (χ3n) is 4.44. The molecule has 10 heteroatoms. The Hall–Kier alpha value is -4.08. The summed E-state index contributed by atoms with van der Waals surface area (Å²) in [7, 11) is 1.73. The number of hydrogen-bond donors (Lipinski definition) is 2. The molecular formula is C19H17N7O3. The Kier molecular flexibility index (Phi) is 4.73. The summed E-state index contributed by atoms with van der Waals surface area (Å²) in [5, 5.41) is 15.4. The molecule has 2 N–H and O–H groups in total. The molecule has 4 rings (SSSR count). The van der Waals surface area contributed by atoms with Crippen LogP contribution in [0.5, 0.6) is 0 Å². The van der Waals surface area contributed by atoms with Gasteiger partial charge in [0.1, 0.15) is 0 Å². The molecule has 1 aliphatic heterocycles. The highest BCUT2D eigenvalue weighted by molar-refractivity contribution is 6.05. The number of aryl methyl sites for hydroxylation is 1. The normalized spacial score (nSPS) is 13.9. The van der Waals surface area contributed by atoms with Crippen LogP contribution in [0, 0.1) is 0 Å². The molecule has 0 atom stereocenters. The number of nitrogens with one attached hydrogen (secondary N) is 2. The lowest BCUT2D eigenvalue weighted by molar-refractivity contribution is -0.130. The Balaban J connectivity index is 1.49. The van der Waals surface area contributed by atoms with Crippen LogP contribution >= 0.6 is 0 Å². The molecule has 3 amide bonds. The summed E-state index contributed by atoms with van der Waals surface area (Å²) in [5.41, 5.74) is 4.79. The summed E-state index contributed by atoms with van der Waals surface area (Å²) >= 11 is 0. The van der Waals surface area contributed by atoms with E-state index in [9.17, 15) is 14.4 Å². The second-order valence-corrected chi connectivity index (χ2v) is 6.47. The standard InChI is InChI=1S/C19H17N7O3/c1-25-18(21-23-24-25)13-3-2-4-14(11-13)20-19(29)12-5-7-15(8-6-12)26-17(28)10-9-16(27)22-26/h2-8,11H,9-10H2,1H3,(H,20,29)(H,22,27). The average Bonchev–Trinajstić information content (AvgIpc) is 3.16. The van der Waals surface area contributed by atoms with Crippen LogP contribution in [0.25, 0.3) is 11.4 Å². The molecule has 10 nitrogen and oxygen atoms in total. The van der Waals surface area contributed by atoms with Gasteiger partial charge in [0, 0.05) is 36.7 Å². The topological polar surface area (TPSA) is 122 Å². The summed E-state index contributed by atoms with van der Waals surface area (Å²) in [5.74, 6) is -0.140. The van der Waals surface area contributed by atoms with Crippen LogP contribution in [0.3, 0.4) is 0 Å². The van der Waals surface area contributed by atoms with E-state index >= 15 is 0 Å². The minimum absolute atomic E-state index is 0.158. The summed E-state index contributed by atoms with van der Waals surface area (Å²) < 4.78 is 1.54. The maximum Gasteiger partial charge on any atom is 0.255 e. The van der Waals surface area contributed by atoms with Crippen LogP contribution in [0.15, 0.2) is 48.5 Å². The molecule has 2 aromatic carbocycles. The molecule has 0 radical (unpaired) electrons. The first-order valence-electron chi connectivity index (χ1n) is 8.88. The van der Waals surface area contributed by atoms with E-state index in [4.69, 9.17) is 0 Å². The van der Waals surface area contributed by atoms with E-state index in [0.29, 0.717) is 22.8 Å². The van der Waals surface area contributed by atoms with Gasteiger partial charge < -0.3 is 5.32 Å². The monoisotopic (exact) mass is 391 g/mol. The number of aromatic nitrogens is 4. The van der Waals surface area contributed by atoms with Gasteiger partial charge in [-0.25, -0.2) is 9.69 Å². The van der Waals surface area contributed by atoms with Crippen molar-refractivity contribution in [3.63, 3.8) is 0 Å². The third kappa shape index (κ3) is 3.81. The average molecular weight is 391 g/mol. The van der Waals surface area contributed by atoms with Gasteiger partial charge in [-0.3, -0.25) is 19.8 Å². The first-order chi connectivity index (χ1) is 14.0. The fourth-order valence-corrected chi connectivity index (χ4v) is 2.96. The first-order valence-corrected chi connectivity index (χ1v) is 8.88. The third-order valence-corrected chi connectivity index (χ3v) is 4.44. The van der Waals surface area contributed by atoms with Crippen molar-refractivity contribution in [1.29, 1.82) is 0 Å². The number of carbonyl (C=O) groups is 3. The molecule has 3 aromatic rings. The Labute approximate surface area is 165 Å². The van der Waals surface area contributed by atoms with Gasteiger partial charge in [-0.2, -0.15) is 0 Å². The van der Waals surface area contributed by atoms with Gasteiger partial charge in [0.25, 0.3) is 5.91 Å². The number of hydrogen-bond acceptors (Lipinski definition) is 6. The van der Waals surface area contributed by atoms with E-state index < -0.39 is 0 Å². The Morgan fingerprint density at radius 1 is 1.10 bits per heavy atom. The van der Waals surface area contributed by atoms with Crippen molar-refractivity contribution >= 4 is 29.1 Å². The molecule has 146 valence electrons. The minimum atomic E-state index is -0.307. The quantitative estimate of drug-likeness (QED) is 0.691. The number of hydrazine groups is 1. The number of carbonyl (C=O) groups excluding carboxylic acids is 3. The van der Waals surface area contributed by atoms with E-state index in [1.807, 2.05) is 6.07 Å². The number of amides is 3. The van der Waals surface area contributed by atoms with Gasteiger partial charge in [-0.05, 0) is 46.8 Å². The Bertz CT molecular complexity index is 1090. The summed E-state index contributed by atoms with van der Waals surface area (Å²) in [6.45, 7) is 0. The molecule has 0 bridgehead atoms. The number of rotatable bonds is 4. The van der Waals surface area contributed by atoms with Gasteiger partial charge in [-0.1, -0.05) is 12.1 Å². The number of anilines is 2. The molecule has 2 heterocycles. The van der Waals surface area contributed by atoms with Crippen LogP contribution in [0.2, 0.25) is 0 Å². The number of tetrazole rings is 1. The molecule has 1 aliphatic rings. The SMILES string of the molecule is Cn1nnnc1-c1cccc(NC(=O)c2ccc(N3NC(=O)CCC3=O)cc2)c1. The number of nitrogens with zero attached hydrogens (tertiary/aromatic N) is 5. The summed E-state index contributed by atoms with van der Waals surface area (Å²) in [6.07, 6.45) is 0.338. The van der Waals surface area contributed by atoms with Crippen molar-refractivity contribution in [2.75, 3.05) is 10.3 Å². The van der Waals surface area contributed by atoms with Crippen molar-refractivity contribution in [2.24, 2.45) is 7.05 Å². The van der Waals surface area contributed by atoms with Crippen molar-refractivity contribution < 1.29 is 14.4 Å². The lowest BCUT2D eigenvalue weighted by Gasteiger charge is -2.27. The van der Waals surface area contributed by atoms with E-state index in [2.05, 4.69) is 26.3 Å². The van der Waals surface area contributed by atoms with Crippen LogP contribution in [-0.4, -0.2) is 37.9 Å². The molecule has 29 heavy (non-hydrogen) atoms. The molecule has 0 unspecified atom stereocenters. The van der Waals surface area contributed by atoms with E-state index in [1.165, 1.54) is 5.01 Å². The highest BCUT2D eigenvalue weighted by atomic mass is 16.2. The molecule has 1 saturated heterocycles. The molecular weight excluding hydrogens is 374 g/mol. The van der Waals surface area contributed by atoms with Gasteiger partial charge in [-0.15, -0.1) is 5.10 Å². The lowest BCUT2D eigenvalue weighted by Crippen LogP contribution is -2.50. The zero-order chi connectivity index (χ0) is 20.4. The second kappa shape index (κ2) is 7.50. The molecule has 1 aromatic heterocycles. The van der Waals surface area contributed by atoms with Gasteiger partial charge >= 0.3 is 0 Å². The van der Waals surface area contributed by atoms with Crippen LogP contribution in [-0.2, 0) is 16.6 Å². The van der Waals surface area contributed by atoms with Crippen molar-refractivity contribution in [3.05, 3.63) is 54.1 Å². The van der Waals surface area contributed by atoms with Gasteiger partial charge in [0.2, 0.25) is 11.8 Å². The smallest absolute Gasteiger partial charge is 0.255 e. The number of benzene rings is 2. The first kappa shape index (κ1) is 18.3. The highest BCUT2D eigenvalue weighted by Crippen LogP contribution is 2.21.